The highest BCUT2D eigenvalue weighted by atomic mass is 35.5. The second-order valence-corrected chi connectivity index (χ2v) is 7.02. The number of aromatic nitrogens is 2. The molecular formula is C17H19ClN2S. The molecule has 0 N–H and O–H groups in total. The first-order valence-electron chi connectivity index (χ1n) is 7.20. The lowest BCUT2D eigenvalue weighted by molar-refractivity contribution is 0.535. The summed E-state index contributed by atoms with van der Waals surface area (Å²) in [5.74, 6) is 0.962. The van der Waals surface area contributed by atoms with E-state index >= 15 is 0 Å². The van der Waals surface area contributed by atoms with Crippen molar-refractivity contribution in [3.8, 4) is 0 Å². The number of imidazole rings is 1. The number of aryl methyl sites for hydroxylation is 1. The SMILES string of the molecule is Cc1cccc2nc(C(C)Cl)n(C(C)Cc3ccsc3)c12. The largest absolute Gasteiger partial charge is 0.323 e. The number of benzene rings is 1. The summed E-state index contributed by atoms with van der Waals surface area (Å²) in [4.78, 5) is 4.76. The van der Waals surface area contributed by atoms with Crippen LogP contribution < -0.4 is 0 Å². The van der Waals surface area contributed by atoms with Crippen LogP contribution in [0.5, 0.6) is 0 Å². The molecule has 4 heteroatoms. The van der Waals surface area contributed by atoms with Gasteiger partial charge in [0.15, 0.2) is 0 Å². The summed E-state index contributed by atoms with van der Waals surface area (Å²) in [5.41, 5.74) is 4.87. The van der Waals surface area contributed by atoms with E-state index in [1.807, 2.05) is 6.92 Å². The Kier molecular flexibility index (Phi) is 4.05. The van der Waals surface area contributed by atoms with Crippen LogP contribution in [0.4, 0.5) is 0 Å². The number of nitrogens with zero attached hydrogens (tertiary/aromatic N) is 2. The van der Waals surface area contributed by atoms with Gasteiger partial charge in [0.2, 0.25) is 0 Å². The highest BCUT2D eigenvalue weighted by Crippen LogP contribution is 2.31. The average Bonchev–Trinajstić information content (AvgIpc) is 3.05. The van der Waals surface area contributed by atoms with E-state index in [9.17, 15) is 0 Å². The number of alkyl halides is 1. The Morgan fingerprint density at radius 1 is 1.29 bits per heavy atom. The van der Waals surface area contributed by atoms with Crippen LogP contribution in [0.3, 0.4) is 0 Å². The first-order chi connectivity index (χ1) is 10.1. The summed E-state index contributed by atoms with van der Waals surface area (Å²) in [5, 5.41) is 4.25. The number of fused-ring (bicyclic) bond motifs is 1. The maximum absolute atomic E-state index is 6.38. The highest BCUT2D eigenvalue weighted by Gasteiger charge is 2.20. The lowest BCUT2D eigenvalue weighted by atomic mass is 10.1. The van der Waals surface area contributed by atoms with Crippen molar-refractivity contribution in [3.63, 3.8) is 0 Å². The fourth-order valence-corrected chi connectivity index (χ4v) is 3.74. The molecule has 0 spiro atoms. The molecule has 0 saturated carbocycles. The molecule has 3 rings (SSSR count). The van der Waals surface area contributed by atoms with E-state index in [1.54, 1.807) is 11.3 Å². The van der Waals surface area contributed by atoms with Gasteiger partial charge in [0.05, 0.1) is 16.4 Å². The van der Waals surface area contributed by atoms with Crippen molar-refractivity contribution >= 4 is 34.0 Å². The third kappa shape index (κ3) is 2.72. The topological polar surface area (TPSA) is 17.8 Å². The van der Waals surface area contributed by atoms with E-state index in [-0.39, 0.29) is 5.38 Å². The van der Waals surface area contributed by atoms with Crippen LogP contribution in [-0.2, 0) is 6.42 Å². The normalized spacial score (nSPS) is 14.5. The number of hydrogen-bond donors (Lipinski definition) is 0. The molecule has 2 aromatic heterocycles. The number of rotatable bonds is 4. The monoisotopic (exact) mass is 318 g/mol. The fourth-order valence-electron chi connectivity index (χ4n) is 2.91. The zero-order chi connectivity index (χ0) is 15.0. The van der Waals surface area contributed by atoms with Crippen molar-refractivity contribution in [1.82, 2.24) is 9.55 Å². The van der Waals surface area contributed by atoms with Crippen LogP contribution in [0.1, 0.15) is 42.2 Å². The number of thiophene rings is 1. The molecule has 0 radical (unpaired) electrons. The Hall–Kier alpha value is -1.32. The Balaban J connectivity index is 2.12. The van der Waals surface area contributed by atoms with Gasteiger partial charge in [-0.2, -0.15) is 11.3 Å². The quantitative estimate of drug-likeness (QED) is 0.580. The molecule has 2 heterocycles. The predicted octanol–water partition coefficient (Wildman–Crippen LogP) is 5.51. The summed E-state index contributed by atoms with van der Waals surface area (Å²) in [6.07, 6.45) is 1.000. The van der Waals surface area contributed by atoms with Crippen LogP contribution in [0.2, 0.25) is 0 Å². The fraction of sp³-hybridized carbons (Fsp3) is 0.353. The first-order valence-corrected chi connectivity index (χ1v) is 8.58. The van der Waals surface area contributed by atoms with Gasteiger partial charge >= 0.3 is 0 Å². The molecule has 0 aliphatic carbocycles. The van der Waals surface area contributed by atoms with Gasteiger partial charge in [0, 0.05) is 6.04 Å². The summed E-state index contributed by atoms with van der Waals surface area (Å²) in [6.45, 7) is 6.38. The molecule has 3 aromatic rings. The number of hydrogen-bond acceptors (Lipinski definition) is 2. The van der Waals surface area contributed by atoms with E-state index in [0.29, 0.717) is 6.04 Å². The van der Waals surface area contributed by atoms with Crippen molar-refractivity contribution in [1.29, 1.82) is 0 Å². The van der Waals surface area contributed by atoms with Gasteiger partial charge in [0.25, 0.3) is 0 Å². The van der Waals surface area contributed by atoms with Crippen LogP contribution in [0.25, 0.3) is 11.0 Å². The van der Waals surface area contributed by atoms with Crippen molar-refractivity contribution in [2.45, 2.75) is 38.6 Å². The van der Waals surface area contributed by atoms with Crippen LogP contribution in [0.15, 0.2) is 35.0 Å². The van der Waals surface area contributed by atoms with Gasteiger partial charge in [-0.25, -0.2) is 4.98 Å². The summed E-state index contributed by atoms with van der Waals surface area (Å²) in [7, 11) is 0. The summed E-state index contributed by atoms with van der Waals surface area (Å²) >= 11 is 8.12. The average molecular weight is 319 g/mol. The molecule has 2 unspecified atom stereocenters. The zero-order valence-corrected chi connectivity index (χ0v) is 14.1. The van der Waals surface area contributed by atoms with Gasteiger partial charge < -0.3 is 4.57 Å². The third-order valence-electron chi connectivity index (χ3n) is 3.85. The maximum atomic E-state index is 6.38. The Bertz CT molecular complexity index is 744. The third-order valence-corrected chi connectivity index (χ3v) is 4.77. The molecular weight excluding hydrogens is 300 g/mol. The van der Waals surface area contributed by atoms with Crippen molar-refractivity contribution < 1.29 is 0 Å². The standard InChI is InChI=1S/C17H19ClN2S/c1-11-5-4-6-15-16(11)20(17(19-15)13(3)18)12(2)9-14-7-8-21-10-14/h4-8,10,12-13H,9H2,1-3H3. The first kappa shape index (κ1) is 14.6. The van der Waals surface area contributed by atoms with E-state index in [2.05, 4.69) is 53.4 Å². The molecule has 110 valence electrons. The van der Waals surface area contributed by atoms with Crippen molar-refractivity contribution in [3.05, 3.63) is 52.0 Å². The molecule has 2 nitrogen and oxygen atoms in total. The lowest BCUT2D eigenvalue weighted by Gasteiger charge is -2.19. The van der Waals surface area contributed by atoms with Gasteiger partial charge in [0.1, 0.15) is 5.82 Å². The van der Waals surface area contributed by atoms with Gasteiger partial charge in [-0.15, -0.1) is 11.6 Å². The van der Waals surface area contributed by atoms with Crippen LogP contribution >= 0.6 is 22.9 Å². The molecule has 0 bridgehead atoms. The Labute approximate surface area is 134 Å². The van der Waals surface area contributed by atoms with Gasteiger partial charge in [-0.1, -0.05) is 12.1 Å². The van der Waals surface area contributed by atoms with Crippen molar-refractivity contribution in [2.24, 2.45) is 0 Å². The Morgan fingerprint density at radius 3 is 2.76 bits per heavy atom. The Morgan fingerprint density at radius 2 is 2.10 bits per heavy atom. The van der Waals surface area contributed by atoms with Gasteiger partial charge in [-0.05, 0) is 61.2 Å². The van der Waals surface area contributed by atoms with Gasteiger partial charge in [-0.3, -0.25) is 0 Å². The van der Waals surface area contributed by atoms with Crippen LogP contribution in [0, 0.1) is 6.92 Å². The van der Waals surface area contributed by atoms with E-state index in [4.69, 9.17) is 16.6 Å². The number of halogens is 1. The molecule has 0 aliphatic heterocycles. The summed E-state index contributed by atoms with van der Waals surface area (Å²) < 4.78 is 2.32. The molecule has 0 saturated heterocycles. The number of para-hydroxylation sites is 1. The molecule has 0 fully saturated rings. The molecule has 0 aliphatic rings. The molecule has 2 atom stereocenters. The molecule has 0 amide bonds. The zero-order valence-electron chi connectivity index (χ0n) is 12.5. The summed E-state index contributed by atoms with van der Waals surface area (Å²) in [6, 6.07) is 8.79. The lowest BCUT2D eigenvalue weighted by Crippen LogP contribution is -2.12. The smallest absolute Gasteiger partial charge is 0.127 e. The van der Waals surface area contributed by atoms with Crippen molar-refractivity contribution in [2.75, 3.05) is 0 Å². The maximum Gasteiger partial charge on any atom is 0.127 e. The van der Waals surface area contributed by atoms with E-state index in [1.165, 1.54) is 16.6 Å². The molecule has 1 aromatic carbocycles. The van der Waals surface area contributed by atoms with E-state index < -0.39 is 0 Å². The predicted molar refractivity (Wildman–Crippen MR) is 91.5 cm³/mol. The molecule has 21 heavy (non-hydrogen) atoms. The second kappa shape index (κ2) is 5.82. The minimum atomic E-state index is -0.0956. The highest BCUT2D eigenvalue weighted by molar-refractivity contribution is 7.07. The minimum absolute atomic E-state index is 0.0956. The van der Waals surface area contributed by atoms with Crippen LogP contribution in [-0.4, -0.2) is 9.55 Å². The second-order valence-electron chi connectivity index (χ2n) is 5.58. The van der Waals surface area contributed by atoms with E-state index in [0.717, 1.165) is 17.8 Å². The minimum Gasteiger partial charge on any atom is -0.323 e.